The molecule has 3 amide bonds. The number of carbonyl (C=O) groups excluding carboxylic acids is 3. The van der Waals surface area contributed by atoms with Gasteiger partial charge >= 0.3 is 12.0 Å². The van der Waals surface area contributed by atoms with E-state index in [0.717, 1.165) is 0 Å². The number of benzene rings is 1. The maximum atomic E-state index is 12.8. The zero-order chi connectivity index (χ0) is 22.6. The number of fused-ring (bicyclic) bond motifs is 1. The molecular weight excluding hydrogens is 412 g/mol. The number of rotatable bonds is 7. The zero-order valence-corrected chi connectivity index (χ0v) is 18.0. The predicted octanol–water partition coefficient (Wildman–Crippen LogP) is 0.903. The van der Waals surface area contributed by atoms with Crippen LogP contribution in [0.15, 0.2) is 34.2 Å². The highest BCUT2D eigenvalue weighted by Gasteiger charge is 2.34. The molecule has 4 N–H and O–H groups in total. The number of imide groups is 1. The van der Waals surface area contributed by atoms with Crippen LogP contribution in [0.3, 0.4) is 0 Å². The van der Waals surface area contributed by atoms with Crippen LogP contribution in [-0.4, -0.2) is 44.3 Å². The van der Waals surface area contributed by atoms with Crippen LogP contribution in [0.1, 0.15) is 39.7 Å². The lowest BCUT2D eigenvalue weighted by molar-refractivity contribution is -0.159. The lowest BCUT2D eigenvalue weighted by Gasteiger charge is -2.22. The molecule has 1 aromatic carbocycles. The Balaban J connectivity index is 2.34. The molecule has 1 heterocycles. The van der Waals surface area contributed by atoms with E-state index in [-0.39, 0.29) is 23.1 Å². The zero-order valence-electron chi connectivity index (χ0n) is 17.2. The fourth-order valence-electron chi connectivity index (χ4n) is 2.92. The van der Waals surface area contributed by atoms with Crippen LogP contribution in [0.2, 0.25) is 0 Å². The number of amides is 3. The molecule has 0 radical (unpaired) electrons. The van der Waals surface area contributed by atoms with Crippen LogP contribution in [0.5, 0.6) is 0 Å². The van der Waals surface area contributed by atoms with E-state index in [1.54, 1.807) is 32.0 Å². The van der Waals surface area contributed by atoms with Crippen LogP contribution < -0.4 is 15.8 Å². The minimum atomic E-state index is -3.77. The third-order valence-electron chi connectivity index (χ3n) is 4.27. The van der Waals surface area contributed by atoms with Crippen molar-refractivity contribution < 1.29 is 27.5 Å². The molecule has 0 aliphatic carbocycles. The van der Waals surface area contributed by atoms with E-state index in [9.17, 15) is 22.8 Å². The number of urea groups is 1. The van der Waals surface area contributed by atoms with Crippen molar-refractivity contribution >= 4 is 33.8 Å². The number of nitrogens with zero attached hydrogens (tertiary/aromatic N) is 1. The molecule has 30 heavy (non-hydrogen) atoms. The third kappa shape index (κ3) is 5.56. The number of esters is 1. The van der Waals surface area contributed by atoms with Crippen LogP contribution >= 0.6 is 0 Å². The first kappa shape index (κ1) is 23.3. The minimum absolute atomic E-state index is 0.0251. The Morgan fingerprint density at radius 2 is 1.80 bits per heavy atom. The summed E-state index contributed by atoms with van der Waals surface area (Å²) in [6.07, 6.45) is -0.999. The van der Waals surface area contributed by atoms with Crippen molar-refractivity contribution in [2.24, 2.45) is 22.6 Å². The summed E-state index contributed by atoms with van der Waals surface area (Å²) in [6.45, 7) is 7.02. The van der Waals surface area contributed by atoms with Gasteiger partial charge in [0.1, 0.15) is 11.9 Å². The lowest BCUT2D eigenvalue weighted by Crippen LogP contribution is -2.46. The Bertz CT molecular complexity index is 971. The van der Waals surface area contributed by atoms with Gasteiger partial charge in [0.05, 0.1) is 4.90 Å². The van der Waals surface area contributed by atoms with E-state index in [1.807, 2.05) is 19.2 Å². The molecule has 0 saturated heterocycles. The van der Waals surface area contributed by atoms with E-state index in [2.05, 4.69) is 9.71 Å². The largest absolute Gasteiger partial charge is 0.450 e. The quantitative estimate of drug-likeness (QED) is 0.537. The maximum absolute atomic E-state index is 12.8. The maximum Gasteiger partial charge on any atom is 0.331 e. The fraction of sp³-hybridized carbons (Fsp3) is 0.474. The highest BCUT2D eigenvalue weighted by atomic mass is 32.2. The Labute approximate surface area is 175 Å². The van der Waals surface area contributed by atoms with Gasteiger partial charge < -0.3 is 10.5 Å². The standard InChI is InChI=1S/C19H26N4O6S/c1-10(2)9-13(18(25)29-15(11(3)4)17(24)22-19(20)26)21-16-12-7-5-6-8-14(12)30(27,28)23-16/h5-8,10-11,13,15H,9H2,1-4H3,(H,21,23)(H3,20,22,24,26)/t13-,15+/m0/s1. The number of hydrogen-bond acceptors (Lipinski definition) is 7. The van der Waals surface area contributed by atoms with Gasteiger partial charge in [-0.25, -0.2) is 18.0 Å². The first-order chi connectivity index (χ1) is 13.9. The van der Waals surface area contributed by atoms with E-state index >= 15 is 0 Å². The van der Waals surface area contributed by atoms with E-state index in [1.165, 1.54) is 6.07 Å². The molecule has 0 unspecified atom stereocenters. The third-order valence-corrected chi connectivity index (χ3v) is 5.66. The van der Waals surface area contributed by atoms with Crippen LogP contribution in [-0.2, 0) is 24.3 Å². The number of ether oxygens (including phenoxy) is 1. The molecule has 0 saturated carbocycles. The van der Waals surface area contributed by atoms with Gasteiger partial charge in [0, 0.05) is 5.56 Å². The van der Waals surface area contributed by atoms with Gasteiger partial charge in [0.15, 0.2) is 6.10 Å². The molecule has 1 aliphatic heterocycles. The average molecular weight is 439 g/mol. The van der Waals surface area contributed by atoms with E-state index in [0.29, 0.717) is 5.56 Å². The van der Waals surface area contributed by atoms with Gasteiger partial charge in [-0.3, -0.25) is 19.8 Å². The second kappa shape index (κ2) is 9.24. The van der Waals surface area contributed by atoms with Crippen molar-refractivity contribution in [3.05, 3.63) is 29.8 Å². The van der Waals surface area contributed by atoms with Gasteiger partial charge in [-0.15, -0.1) is 0 Å². The fourth-order valence-corrected chi connectivity index (χ4v) is 4.16. The molecular formula is C19H26N4O6S. The summed E-state index contributed by atoms with van der Waals surface area (Å²) in [5.74, 6) is -2.02. The Morgan fingerprint density at radius 3 is 2.37 bits per heavy atom. The first-order valence-corrected chi connectivity index (χ1v) is 10.9. The molecule has 11 heteroatoms. The highest BCUT2D eigenvalue weighted by molar-refractivity contribution is 7.90. The number of nitrogens with one attached hydrogen (secondary N) is 2. The molecule has 0 fully saturated rings. The Morgan fingerprint density at radius 1 is 1.17 bits per heavy atom. The molecule has 164 valence electrons. The molecule has 0 bridgehead atoms. The molecule has 10 nitrogen and oxygen atoms in total. The monoisotopic (exact) mass is 438 g/mol. The summed E-state index contributed by atoms with van der Waals surface area (Å²) in [5, 5.41) is 1.90. The number of nitrogens with two attached hydrogens (primary N) is 1. The minimum Gasteiger partial charge on any atom is -0.450 e. The van der Waals surface area contributed by atoms with Gasteiger partial charge in [0.25, 0.3) is 15.9 Å². The predicted molar refractivity (Wildman–Crippen MR) is 109 cm³/mol. The van der Waals surface area contributed by atoms with E-state index < -0.39 is 46.0 Å². The Hall–Kier alpha value is -2.95. The van der Waals surface area contributed by atoms with Gasteiger partial charge in [-0.05, 0) is 30.4 Å². The van der Waals surface area contributed by atoms with Gasteiger partial charge in [0.2, 0.25) is 0 Å². The molecule has 1 aliphatic rings. The smallest absolute Gasteiger partial charge is 0.331 e. The molecule has 1 aromatic rings. The van der Waals surface area contributed by atoms with Gasteiger partial charge in [-0.2, -0.15) is 0 Å². The van der Waals surface area contributed by atoms with Crippen LogP contribution in [0.25, 0.3) is 0 Å². The average Bonchev–Trinajstić information content (AvgIpc) is 2.88. The van der Waals surface area contributed by atoms with Crippen molar-refractivity contribution in [2.45, 2.75) is 51.2 Å². The van der Waals surface area contributed by atoms with Crippen LogP contribution in [0.4, 0.5) is 4.79 Å². The molecule has 0 spiro atoms. The second-order valence-corrected chi connectivity index (χ2v) is 9.33. The number of primary amides is 1. The van der Waals surface area contributed by atoms with Crippen molar-refractivity contribution in [3.8, 4) is 0 Å². The SMILES string of the molecule is CC(C)C[C@H](N=C1NS(=O)(=O)c2ccccc21)C(=O)O[C@@H](C(=O)NC(N)=O)C(C)C. The van der Waals surface area contributed by atoms with Gasteiger partial charge in [-0.1, -0.05) is 39.8 Å². The number of aliphatic imine (C=N–C) groups is 1. The topological polar surface area (TPSA) is 157 Å². The normalized spacial score (nSPS) is 17.9. The highest BCUT2D eigenvalue weighted by Crippen LogP contribution is 2.24. The summed E-state index contributed by atoms with van der Waals surface area (Å²) in [4.78, 5) is 40.4. The Kier molecular flexibility index (Phi) is 7.19. The van der Waals surface area contributed by atoms with Crippen LogP contribution in [0, 0.1) is 11.8 Å². The van der Waals surface area contributed by atoms with E-state index in [4.69, 9.17) is 10.5 Å². The number of carbonyl (C=O) groups is 3. The summed E-state index contributed by atoms with van der Waals surface area (Å²) in [7, 11) is -3.77. The summed E-state index contributed by atoms with van der Waals surface area (Å²) in [6, 6.07) is 4.16. The van der Waals surface area contributed by atoms with Crippen molar-refractivity contribution in [1.29, 1.82) is 0 Å². The number of hydrogen-bond donors (Lipinski definition) is 3. The summed E-state index contributed by atoms with van der Waals surface area (Å²) >= 11 is 0. The number of amidine groups is 1. The summed E-state index contributed by atoms with van der Waals surface area (Å²) < 4.78 is 32.3. The van der Waals surface area contributed by atoms with Crippen molar-refractivity contribution in [2.75, 3.05) is 0 Å². The summed E-state index contributed by atoms with van der Waals surface area (Å²) in [5.41, 5.74) is 5.32. The molecule has 0 aromatic heterocycles. The van der Waals surface area contributed by atoms with Crippen molar-refractivity contribution in [1.82, 2.24) is 10.0 Å². The second-order valence-electron chi connectivity index (χ2n) is 7.68. The molecule has 2 rings (SSSR count). The van der Waals surface area contributed by atoms with Crippen molar-refractivity contribution in [3.63, 3.8) is 0 Å². The molecule has 2 atom stereocenters. The first-order valence-electron chi connectivity index (χ1n) is 9.43. The number of sulfonamides is 1. The lowest BCUT2D eigenvalue weighted by atomic mass is 10.0.